The van der Waals surface area contributed by atoms with Crippen molar-refractivity contribution in [3.63, 3.8) is 0 Å². The van der Waals surface area contributed by atoms with Crippen LogP contribution in [0, 0.1) is 0 Å². The van der Waals surface area contributed by atoms with Crippen molar-refractivity contribution in [1.82, 2.24) is 4.90 Å². The van der Waals surface area contributed by atoms with Crippen molar-refractivity contribution in [3.8, 4) is 0 Å². The maximum Gasteiger partial charge on any atom is 0.0695 e. The van der Waals surface area contributed by atoms with Gasteiger partial charge in [-0.1, -0.05) is 25.7 Å². The fourth-order valence-corrected chi connectivity index (χ4v) is 2.94. The molecule has 2 aliphatic rings. The molecule has 0 aromatic carbocycles. The number of hydrogen-bond acceptors (Lipinski definition) is 2. The van der Waals surface area contributed by atoms with Gasteiger partial charge in [0.1, 0.15) is 0 Å². The molecule has 1 aliphatic carbocycles. The van der Waals surface area contributed by atoms with E-state index in [9.17, 15) is 5.11 Å². The van der Waals surface area contributed by atoms with E-state index in [1.54, 1.807) is 0 Å². The minimum atomic E-state index is -0.0400. The lowest BCUT2D eigenvalue weighted by Gasteiger charge is -2.37. The third-order valence-electron chi connectivity index (χ3n) is 3.80. The second-order valence-corrected chi connectivity index (χ2v) is 4.87. The Hall–Kier alpha value is -0.0800. The molecule has 1 saturated carbocycles. The molecule has 1 aliphatic heterocycles. The predicted octanol–water partition coefficient (Wildman–Crippen LogP) is 2.17. The van der Waals surface area contributed by atoms with Gasteiger partial charge in [-0.2, -0.15) is 0 Å². The second-order valence-electron chi connectivity index (χ2n) is 4.87. The molecule has 1 N–H and O–H groups in total. The summed E-state index contributed by atoms with van der Waals surface area (Å²) in [6.45, 7) is 2.45. The Kier molecular flexibility index (Phi) is 3.82. The fourth-order valence-electron chi connectivity index (χ4n) is 2.94. The van der Waals surface area contributed by atoms with Gasteiger partial charge >= 0.3 is 0 Å². The van der Waals surface area contributed by atoms with Gasteiger partial charge in [0.25, 0.3) is 0 Å². The number of hydrogen-bond donors (Lipinski definition) is 1. The summed E-state index contributed by atoms with van der Waals surface area (Å²) in [5, 5.41) is 9.97. The highest BCUT2D eigenvalue weighted by molar-refractivity contribution is 4.83. The molecule has 2 nitrogen and oxygen atoms in total. The molecule has 0 radical (unpaired) electrons. The lowest BCUT2D eigenvalue weighted by molar-refractivity contribution is 0.0214. The molecule has 0 aromatic rings. The highest BCUT2D eigenvalue weighted by atomic mass is 16.3. The maximum absolute atomic E-state index is 9.97. The van der Waals surface area contributed by atoms with E-state index in [1.165, 1.54) is 58.0 Å². The van der Waals surface area contributed by atoms with Crippen LogP contribution in [0.5, 0.6) is 0 Å². The molecule has 2 atom stereocenters. The monoisotopic (exact) mass is 197 g/mol. The molecule has 2 fully saturated rings. The van der Waals surface area contributed by atoms with Crippen LogP contribution in [0.4, 0.5) is 0 Å². The van der Waals surface area contributed by atoms with Crippen LogP contribution in [0.2, 0.25) is 0 Å². The third kappa shape index (κ3) is 2.48. The van der Waals surface area contributed by atoms with Crippen LogP contribution in [-0.4, -0.2) is 35.2 Å². The highest BCUT2D eigenvalue weighted by Gasteiger charge is 2.28. The molecule has 0 aromatic heterocycles. The van der Waals surface area contributed by atoms with Crippen molar-refractivity contribution in [1.29, 1.82) is 0 Å². The van der Waals surface area contributed by atoms with Crippen LogP contribution in [-0.2, 0) is 0 Å². The molecule has 2 rings (SSSR count). The number of rotatable bonds is 1. The lowest BCUT2D eigenvalue weighted by Crippen LogP contribution is -2.45. The second kappa shape index (κ2) is 5.13. The van der Waals surface area contributed by atoms with Crippen LogP contribution in [0.25, 0.3) is 0 Å². The van der Waals surface area contributed by atoms with E-state index in [2.05, 4.69) is 4.90 Å². The zero-order valence-electron chi connectivity index (χ0n) is 9.12. The minimum absolute atomic E-state index is 0.0400. The van der Waals surface area contributed by atoms with Gasteiger partial charge in [0.15, 0.2) is 0 Å². The molecule has 0 spiro atoms. The molecule has 14 heavy (non-hydrogen) atoms. The Morgan fingerprint density at radius 2 is 1.43 bits per heavy atom. The minimum Gasteiger partial charge on any atom is -0.391 e. The summed E-state index contributed by atoms with van der Waals surface area (Å²) >= 11 is 0. The van der Waals surface area contributed by atoms with E-state index < -0.39 is 0 Å². The zero-order chi connectivity index (χ0) is 9.80. The van der Waals surface area contributed by atoms with Gasteiger partial charge < -0.3 is 5.11 Å². The van der Waals surface area contributed by atoms with Gasteiger partial charge in [-0.05, 0) is 38.8 Å². The summed E-state index contributed by atoms with van der Waals surface area (Å²) in [4.78, 5) is 2.55. The number of nitrogens with zero attached hydrogens (tertiary/aromatic N) is 1. The maximum atomic E-state index is 9.97. The molecular formula is C12H23NO. The normalized spacial score (nSPS) is 36.6. The average molecular weight is 197 g/mol. The molecule has 0 amide bonds. The standard InChI is InChI=1S/C12H23NO/c14-12-8-4-3-7-11(12)13-9-5-1-2-6-10-13/h11-12,14H,1-10H2. The quantitative estimate of drug-likeness (QED) is 0.696. The van der Waals surface area contributed by atoms with Gasteiger partial charge in [0.2, 0.25) is 0 Å². The Morgan fingerprint density at radius 1 is 0.786 bits per heavy atom. The molecule has 1 saturated heterocycles. The van der Waals surface area contributed by atoms with Crippen molar-refractivity contribution >= 4 is 0 Å². The van der Waals surface area contributed by atoms with Gasteiger partial charge in [-0.15, -0.1) is 0 Å². The summed E-state index contributed by atoms with van der Waals surface area (Å²) in [7, 11) is 0. The number of aliphatic hydroxyl groups is 1. The predicted molar refractivity (Wildman–Crippen MR) is 58.3 cm³/mol. The lowest BCUT2D eigenvalue weighted by atomic mass is 9.91. The molecule has 1 heterocycles. The molecular weight excluding hydrogens is 174 g/mol. The van der Waals surface area contributed by atoms with Crippen molar-refractivity contribution in [2.24, 2.45) is 0 Å². The van der Waals surface area contributed by atoms with Gasteiger partial charge in [-0.25, -0.2) is 0 Å². The van der Waals surface area contributed by atoms with Crippen molar-refractivity contribution in [2.45, 2.75) is 63.5 Å². The molecule has 0 bridgehead atoms. The van der Waals surface area contributed by atoms with E-state index in [1.807, 2.05) is 0 Å². The Bertz CT molecular complexity index is 164. The molecule has 82 valence electrons. The summed E-state index contributed by atoms with van der Waals surface area (Å²) in [6, 6.07) is 0.488. The number of likely N-dealkylation sites (tertiary alicyclic amines) is 1. The van der Waals surface area contributed by atoms with Crippen LogP contribution >= 0.6 is 0 Å². The smallest absolute Gasteiger partial charge is 0.0695 e. The van der Waals surface area contributed by atoms with Gasteiger partial charge in [0.05, 0.1) is 6.10 Å². The summed E-state index contributed by atoms with van der Waals surface area (Å²) in [6.07, 6.45) is 10.2. The van der Waals surface area contributed by atoms with E-state index in [0.29, 0.717) is 6.04 Å². The van der Waals surface area contributed by atoms with Gasteiger partial charge in [-0.3, -0.25) is 4.90 Å². The largest absolute Gasteiger partial charge is 0.391 e. The van der Waals surface area contributed by atoms with E-state index in [-0.39, 0.29) is 6.10 Å². The summed E-state index contributed by atoms with van der Waals surface area (Å²) in [5.41, 5.74) is 0. The Labute approximate surface area is 87.3 Å². The summed E-state index contributed by atoms with van der Waals surface area (Å²) < 4.78 is 0. The molecule has 2 heteroatoms. The zero-order valence-corrected chi connectivity index (χ0v) is 9.12. The van der Waals surface area contributed by atoms with E-state index in [0.717, 1.165) is 6.42 Å². The number of aliphatic hydroxyl groups excluding tert-OH is 1. The van der Waals surface area contributed by atoms with Gasteiger partial charge in [0, 0.05) is 6.04 Å². The molecule has 2 unspecified atom stereocenters. The fraction of sp³-hybridized carbons (Fsp3) is 1.00. The van der Waals surface area contributed by atoms with Crippen molar-refractivity contribution < 1.29 is 5.11 Å². The Balaban J connectivity index is 1.90. The van der Waals surface area contributed by atoms with Crippen molar-refractivity contribution in [2.75, 3.05) is 13.1 Å². The van der Waals surface area contributed by atoms with Crippen LogP contribution in [0.15, 0.2) is 0 Å². The first kappa shape index (κ1) is 10.4. The first-order valence-corrected chi connectivity index (χ1v) is 6.30. The summed E-state index contributed by atoms with van der Waals surface area (Å²) in [5.74, 6) is 0. The van der Waals surface area contributed by atoms with Crippen LogP contribution in [0.1, 0.15) is 51.4 Å². The first-order chi connectivity index (χ1) is 6.88. The Morgan fingerprint density at radius 3 is 2.07 bits per heavy atom. The van der Waals surface area contributed by atoms with Crippen molar-refractivity contribution in [3.05, 3.63) is 0 Å². The van der Waals surface area contributed by atoms with Crippen LogP contribution < -0.4 is 0 Å². The van der Waals surface area contributed by atoms with E-state index in [4.69, 9.17) is 0 Å². The van der Waals surface area contributed by atoms with E-state index >= 15 is 0 Å². The average Bonchev–Trinajstić information content (AvgIpc) is 2.47. The highest BCUT2D eigenvalue weighted by Crippen LogP contribution is 2.25. The van der Waals surface area contributed by atoms with Crippen LogP contribution in [0.3, 0.4) is 0 Å². The first-order valence-electron chi connectivity index (χ1n) is 6.30. The SMILES string of the molecule is OC1CCCCC1N1CCCCCC1. The third-order valence-corrected chi connectivity index (χ3v) is 3.80. The topological polar surface area (TPSA) is 23.5 Å².